The summed E-state index contributed by atoms with van der Waals surface area (Å²) in [5.41, 5.74) is 1.27. The molecule has 2 bridgehead atoms. The Balaban J connectivity index is 1.77. The maximum Gasteiger partial charge on any atom is 0.226 e. The van der Waals surface area contributed by atoms with Crippen molar-refractivity contribution in [2.75, 3.05) is 34.4 Å². The van der Waals surface area contributed by atoms with E-state index in [9.17, 15) is 14.9 Å². The van der Waals surface area contributed by atoms with E-state index in [1.165, 1.54) is 26.4 Å². The molecule has 2 aliphatic heterocycles. The number of carbonyl (C=O) groups excluding carboxylic acids is 2. The van der Waals surface area contributed by atoms with Gasteiger partial charge < -0.3 is 9.47 Å². The summed E-state index contributed by atoms with van der Waals surface area (Å²) in [5.74, 6) is 0.185. The van der Waals surface area contributed by atoms with Crippen LogP contribution in [0.3, 0.4) is 0 Å². The van der Waals surface area contributed by atoms with Crippen LogP contribution in [0.4, 0.5) is 0 Å². The normalized spacial score (nSPS) is 33.6. The van der Waals surface area contributed by atoms with E-state index in [1.54, 1.807) is 6.92 Å². The third-order valence-corrected chi connectivity index (χ3v) is 7.39. The minimum Gasteiger partial charge on any atom is -0.492 e. The van der Waals surface area contributed by atoms with Crippen molar-refractivity contribution in [1.29, 1.82) is 5.26 Å². The van der Waals surface area contributed by atoms with Gasteiger partial charge in [0.2, 0.25) is 5.78 Å². The van der Waals surface area contributed by atoms with Crippen LogP contribution in [0.5, 0.6) is 0 Å². The first-order valence-corrected chi connectivity index (χ1v) is 10.9. The van der Waals surface area contributed by atoms with Crippen molar-refractivity contribution >= 4 is 11.6 Å². The minimum atomic E-state index is -0.597. The molecule has 1 saturated carbocycles. The molecular formula is C23H31N3O4. The summed E-state index contributed by atoms with van der Waals surface area (Å²) in [6.45, 7) is 2.71. The highest BCUT2D eigenvalue weighted by atomic mass is 16.5. The second-order valence-corrected chi connectivity index (χ2v) is 9.09. The number of ether oxygens (including phenoxy) is 2. The Morgan fingerprint density at radius 2 is 1.80 bits per heavy atom. The van der Waals surface area contributed by atoms with Crippen molar-refractivity contribution in [3.63, 3.8) is 0 Å². The molecule has 0 aromatic heterocycles. The van der Waals surface area contributed by atoms with E-state index in [1.807, 2.05) is 19.0 Å². The highest BCUT2D eigenvalue weighted by Crippen LogP contribution is 2.42. The number of ketones is 2. The van der Waals surface area contributed by atoms with Crippen LogP contribution in [0.1, 0.15) is 39.0 Å². The third kappa shape index (κ3) is 3.22. The molecule has 2 aliphatic carbocycles. The summed E-state index contributed by atoms with van der Waals surface area (Å²) in [7, 11) is 5.27. The molecule has 2 fully saturated rings. The number of methoxy groups -OCH3 is 1. The topological polar surface area (TPSA) is 82.9 Å². The zero-order valence-electron chi connectivity index (χ0n) is 18.3. The molecule has 0 aromatic rings. The first-order chi connectivity index (χ1) is 14.4. The monoisotopic (exact) mass is 413 g/mol. The van der Waals surface area contributed by atoms with Crippen molar-refractivity contribution in [3.05, 3.63) is 22.5 Å². The number of likely N-dealkylation sites (N-methyl/N-ethyl adjacent to an activating group) is 2. The zero-order valence-corrected chi connectivity index (χ0v) is 18.3. The number of rotatable bonds is 4. The van der Waals surface area contributed by atoms with Crippen LogP contribution in [-0.2, 0) is 19.1 Å². The number of Topliss-reactive ketones (excluding diaryl/α,β-unsaturated/α-hetero) is 2. The predicted molar refractivity (Wildman–Crippen MR) is 110 cm³/mol. The molecule has 1 saturated heterocycles. The number of carbonyl (C=O) groups is 2. The number of piperazine rings is 1. The summed E-state index contributed by atoms with van der Waals surface area (Å²) < 4.78 is 11.8. The molecule has 4 aliphatic rings. The maximum atomic E-state index is 13.4. The molecule has 2 heterocycles. The lowest BCUT2D eigenvalue weighted by Gasteiger charge is -2.54. The highest BCUT2D eigenvalue weighted by Gasteiger charge is 2.55. The Labute approximate surface area is 178 Å². The number of hydrogen-bond donors (Lipinski definition) is 0. The van der Waals surface area contributed by atoms with Crippen LogP contribution in [0.15, 0.2) is 22.5 Å². The van der Waals surface area contributed by atoms with Gasteiger partial charge in [-0.05, 0) is 39.8 Å². The fourth-order valence-electron chi connectivity index (χ4n) is 5.70. The first-order valence-electron chi connectivity index (χ1n) is 10.9. The van der Waals surface area contributed by atoms with Crippen molar-refractivity contribution in [3.8, 4) is 6.07 Å². The van der Waals surface area contributed by atoms with Gasteiger partial charge in [-0.15, -0.1) is 0 Å². The number of hydrogen-bond acceptors (Lipinski definition) is 7. The second-order valence-electron chi connectivity index (χ2n) is 9.09. The molecule has 0 amide bonds. The summed E-state index contributed by atoms with van der Waals surface area (Å²) in [5, 5.41) is 9.90. The maximum absolute atomic E-state index is 13.4. The van der Waals surface area contributed by atoms with Crippen LogP contribution < -0.4 is 0 Å². The Morgan fingerprint density at radius 1 is 1.10 bits per heavy atom. The number of nitriles is 1. The molecule has 0 unspecified atom stereocenters. The van der Waals surface area contributed by atoms with Gasteiger partial charge in [-0.1, -0.05) is 19.3 Å². The van der Waals surface area contributed by atoms with Crippen molar-refractivity contribution in [2.45, 2.75) is 63.3 Å². The molecular weight excluding hydrogens is 382 g/mol. The number of allylic oxidation sites excluding steroid dienone is 2. The molecule has 4 rings (SSSR count). The van der Waals surface area contributed by atoms with Crippen molar-refractivity contribution in [2.24, 2.45) is 5.92 Å². The molecule has 0 spiro atoms. The van der Waals surface area contributed by atoms with Gasteiger partial charge in [-0.2, -0.15) is 5.26 Å². The number of nitrogens with zero attached hydrogens (tertiary/aromatic N) is 3. The van der Waals surface area contributed by atoms with Crippen molar-refractivity contribution < 1.29 is 19.1 Å². The van der Waals surface area contributed by atoms with Gasteiger partial charge in [-0.25, -0.2) is 0 Å². The molecule has 4 atom stereocenters. The average Bonchev–Trinajstić information content (AvgIpc) is 2.74. The van der Waals surface area contributed by atoms with E-state index >= 15 is 0 Å². The Kier molecular flexibility index (Phi) is 5.84. The fourth-order valence-corrected chi connectivity index (χ4v) is 5.70. The summed E-state index contributed by atoms with van der Waals surface area (Å²) >= 11 is 0. The van der Waals surface area contributed by atoms with Crippen LogP contribution in [-0.4, -0.2) is 80.0 Å². The van der Waals surface area contributed by atoms with Crippen LogP contribution in [0, 0.1) is 17.2 Å². The molecule has 0 aromatic carbocycles. The molecule has 7 nitrogen and oxygen atoms in total. The van der Waals surface area contributed by atoms with E-state index in [0.717, 1.165) is 12.8 Å². The van der Waals surface area contributed by atoms with Crippen LogP contribution in [0.25, 0.3) is 0 Å². The average molecular weight is 414 g/mol. The number of fused-ring (bicyclic) bond motifs is 3. The fraction of sp³-hybridized carbons (Fsp3) is 0.696. The molecule has 162 valence electrons. The lowest BCUT2D eigenvalue weighted by Crippen LogP contribution is -2.70. The third-order valence-electron chi connectivity index (χ3n) is 7.39. The second kappa shape index (κ2) is 8.26. The molecule has 7 heteroatoms. The Morgan fingerprint density at radius 3 is 2.43 bits per heavy atom. The smallest absolute Gasteiger partial charge is 0.226 e. The van der Waals surface area contributed by atoms with Gasteiger partial charge in [0.15, 0.2) is 11.5 Å². The van der Waals surface area contributed by atoms with Crippen molar-refractivity contribution in [1.82, 2.24) is 9.80 Å². The van der Waals surface area contributed by atoms with Gasteiger partial charge in [0, 0.05) is 23.3 Å². The summed E-state index contributed by atoms with van der Waals surface area (Å²) in [6, 6.07) is 1.44. The largest absolute Gasteiger partial charge is 0.492 e. The van der Waals surface area contributed by atoms with Crippen LogP contribution in [0.2, 0.25) is 0 Å². The Bertz CT molecular complexity index is 849. The van der Waals surface area contributed by atoms with E-state index in [4.69, 9.17) is 9.47 Å². The van der Waals surface area contributed by atoms with E-state index in [2.05, 4.69) is 11.0 Å². The van der Waals surface area contributed by atoms with E-state index in [0.29, 0.717) is 35.8 Å². The van der Waals surface area contributed by atoms with Gasteiger partial charge >= 0.3 is 0 Å². The minimum absolute atomic E-state index is 0.127. The SMILES string of the molecule is COC1=C(C)C(=O)C2=C(C1=O)[C@@H]1CN(C)[C@@H](C#N)[C@H]([C@H]2OCC2CCCCC2)N1C. The lowest BCUT2D eigenvalue weighted by molar-refractivity contribution is -0.126. The van der Waals surface area contributed by atoms with Gasteiger partial charge in [0.1, 0.15) is 12.1 Å². The van der Waals surface area contributed by atoms with E-state index < -0.39 is 12.1 Å². The molecule has 0 radical (unpaired) electrons. The standard InChI is InChI=1S/C23H31N3O4/c1-13-20(27)18-17(21(28)22(13)29-4)16-11-25(2)15(10-24)19(26(16)3)23(18)30-12-14-8-6-5-7-9-14/h14-16,19,23H,5-9,11-12H2,1-4H3/t15-,16-,19+,23-/m0/s1. The quantitative estimate of drug-likeness (QED) is 0.651. The highest BCUT2D eigenvalue weighted by molar-refractivity contribution is 6.25. The summed E-state index contributed by atoms with van der Waals surface area (Å²) in [6.07, 6.45) is 5.34. The predicted octanol–water partition coefficient (Wildman–Crippen LogP) is 1.84. The molecule has 0 N–H and O–H groups in total. The summed E-state index contributed by atoms with van der Waals surface area (Å²) in [4.78, 5) is 30.8. The zero-order chi connectivity index (χ0) is 21.6. The van der Waals surface area contributed by atoms with Crippen LogP contribution >= 0.6 is 0 Å². The molecule has 30 heavy (non-hydrogen) atoms. The van der Waals surface area contributed by atoms with E-state index in [-0.39, 0.29) is 29.4 Å². The lowest BCUT2D eigenvalue weighted by atomic mass is 9.73. The van der Waals surface area contributed by atoms with Gasteiger partial charge in [0.05, 0.1) is 31.9 Å². The van der Waals surface area contributed by atoms with Gasteiger partial charge in [0.25, 0.3) is 0 Å². The Hall–Kier alpha value is -2.01. The first kappa shape index (κ1) is 21.2. The van der Waals surface area contributed by atoms with Gasteiger partial charge in [-0.3, -0.25) is 19.4 Å².